The summed E-state index contributed by atoms with van der Waals surface area (Å²) in [6.45, 7) is -3.37. The zero-order valence-electron chi connectivity index (χ0n) is 13.5. The number of hydrogen-bond acceptors (Lipinski definition) is 3. The first-order valence-electron chi connectivity index (χ1n) is 7.32. The van der Waals surface area contributed by atoms with E-state index in [4.69, 9.17) is 23.2 Å². The molecule has 0 aliphatic heterocycles. The van der Waals surface area contributed by atoms with Crippen molar-refractivity contribution in [2.75, 3.05) is 18.9 Å². The Kier molecular flexibility index (Phi) is 6.76. The highest BCUT2D eigenvalue weighted by atomic mass is 35.5. The maximum absolute atomic E-state index is 12.4. The van der Waals surface area contributed by atoms with Crippen LogP contribution in [0.15, 0.2) is 42.5 Å². The number of halogens is 4. The monoisotopic (exact) mass is 402 g/mol. The summed E-state index contributed by atoms with van der Waals surface area (Å²) in [6.07, 6.45) is 0. The molecular weight excluding hydrogens is 389 g/mol. The molecule has 0 aromatic heterocycles. The van der Waals surface area contributed by atoms with Crippen molar-refractivity contribution >= 4 is 40.7 Å². The number of carbonyl (C=O) groups excluding carboxylic acids is 2. The number of hydrogen-bond donors (Lipinski definition) is 1. The van der Waals surface area contributed by atoms with Crippen LogP contribution in [0.5, 0.6) is 5.75 Å². The van der Waals surface area contributed by atoms with Gasteiger partial charge in [-0.05, 0) is 30.3 Å². The highest BCUT2D eigenvalue weighted by Crippen LogP contribution is 2.25. The largest absolute Gasteiger partial charge is 0.434 e. The van der Waals surface area contributed by atoms with Crippen molar-refractivity contribution < 1.29 is 23.1 Å². The molecule has 5 nitrogen and oxygen atoms in total. The van der Waals surface area contributed by atoms with E-state index in [-0.39, 0.29) is 22.9 Å². The predicted molar refractivity (Wildman–Crippen MR) is 95.1 cm³/mol. The van der Waals surface area contributed by atoms with E-state index in [1.807, 2.05) is 0 Å². The van der Waals surface area contributed by atoms with Gasteiger partial charge in [0.05, 0.1) is 22.2 Å². The van der Waals surface area contributed by atoms with E-state index in [0.717, 1.165) is 4.90 Å². The molecule has 0 spiro atoms. The third-order valence-electron chi connectivity index (χ3n) is 3.26. The van der Waals surface area contributed by atoms with Crippen LogP contribution in [0, 0.1) is 0 Å². The molecule has 0 radical (unpaired) electrons. The standard InChI is InChI=1S/C17H14Cl2F2N2O3/c1-23(9-15(24)22-10-6-7-12(18)13(19)8-10)16(25)11-4-2-3-5-14(11)26-17(20)21/h2-8,17H,9H2,1H3,(H,22,24). The van der Waals surface area contributed by atoms with Crippen molar-refractivity contribution in [2.45, 2.75) is 6.61 Å². The van der Waals surface area contributed by atoms with Crippen LogP contribution in [0.3, 0.4) is 0 Å². The summed E-state index contributed by atoms with van der Waals surface area (Å²) in [5.41, 5.74) is 0.337. The van der Waals surface area contributed by atoms with E-state index >= 15 is 0 Å². The number of para-hydroxylation sites is 1. The van der Waals surface area contributed by atoms with Crippen molar-refractivity contribution in [1.82, 2.24) is 4.90 Å². The molecule has 0 heterocycles. The van der Waals surface area contributed by atoms with E-state index < -0.39 is 18.4 Å². The summed E-state index contributed by atoms with van der Waals surface area (Å²) in [6, 6.07) is 10.1. The molecule has 26 heavy (non-hydrogen) atoms. The van der Waals surface area contributed by atoms with Crippen LogP contribution in [0.4, 0.5) is 14.5 Å². The number of anilines is 1. The molecule has 2 aromatic carbocycles. The van der Waals surface area contributed by atoms with Gasteiger partial charge in [0, 0.05) is 12.7 Å². The van der Waals surface area contributed by atoms with Crippen molar-refractivity contribution in [3.63, 3.8) is 0 Å². The Morgan fingerprint density at radius 3 is 2.50 bits per heavy atom. The maximum atomic E-state index is 12.4. The fourth-order valence-electron chi connectivity index (χ4n) is 2.11. The van der Waals surface area contributed by atoms with Gasteiger partial charge in [0.1, 0.15) is 5.75 Å². The zero-order chi connectivity index (χ0) is 19.3. The molecule has 0 aliphatic rings. The second kappa shape index (κ2) is 8.82. The molecule has 0 saturated heterocycles. The van der Waals surface area contributed by atoms with E-state index in [1.54, 1.807) is 6.07 Å². The van der Waals surface area contributed by atoms with Crippen LogP contribution in [-0.2, 0) is 4.79 Å². The lowest BCUT2D eigenvalue weighted by molar-refractivity contribution is -0.116. The van der Waals surface area contributed by atoms with E-state index in [0.29, 0.717) is 10.7 Å². The second-order valence-corrected chi connectivity index (χ2v) is 6.03. The van der Waals surface area contributed by atoms with Crippen molar-refractivity contribution in [3.8, 4) is 5.75 Å². The van der Waals surface area contributed by atoms with Gasteiger partial charge in [-0.25, -0.2) is 0 Å². The highest BCUT2D eigenvalue weighted by Gasteiger charge is 2.20. The smallest absolute Gasteiger partial charge is 0.387 e. The summed E-state index contributed by atoms with van der Waals surface area (Å²) >= 11 is 11.7. The Balaban J connectivity index is 2.04. The molecular formula is C17H14Cl2F2N2O3. The average molecular weight is 403 g/mol. The fraction of sp³-hybridized carbons (Fsp3) is 0.176. The molecule has 0 aliphatic carbocycles. The Hall–Kier alpha value is -2.38. The fourth-order valence-corrected chi connectivity index (χ4v) is 2.41. The number of alkyl halides is 2. The summed E-state index contributed by atoms with van der Waals surface area (Å²) < 4.78 is 29.2. The Labute approximate surface area is 158 Å². The van der Waals surface area contributed by atoms with E-state index in [9.17, 15) is 18.4 Å². The van der Waals surface area contributed by atoms with Crippen LogP contribution in [-0.4, -0.2) is 36.9 Å². The van der Waals surface area contributed by atoms with Crippen LogP contribution in [0.25, 0.3) is 0 Å². The molecule has 0 saturated carbocycles. The van der Waals surface area contributed by atoms with E-state index in [1.165, 1.54) is 43.4 Å². The van der Waals surface area contributed by atoms with Gasteiger partial charge in [-0.3, -0.25) is 9.59 Å². The number of amides is 2. The quantitative estimate of drug-likeness (QED) is 0.783. The molecule has 0 atom stereocenters. The van der Waals surface area contributed by atoms with Gasteiger partial charge in [-0.1, -0.05) is 35.3 Å². The van der Waals surface area contributed by atoms with Crippen LogP contribution < -0.4 is 10.1 Å². The number of likely N-dealkylation sites (N-methyl/N-ethyl adjacent to an activating group) is 1. The lowest BCUT2D eigenvalue weighted by Gasteiger charge is -2.18. The lowest BCUT2D eigenvalue weighted by Crippen LogP contribution is -2.35. The number of rotatable bonds is 6. The van der Waals surface area contributed by atoms with Crippen LogP contribution in [0.1, 0.15) is 10.4 Å². The summed E-state index contributed by atoms with van der Waals surface area (Å²) in [4.78, 5) is 25.6. The molecule has 9 heteroatoms. The molecule has 1 N–H and O–H groups in total. The highest BCUT2D eigenvalue weighted by molar-refractivity contribution is 6.42. The molecule has 2 aromatic rings. The number of carbonyl (C=O) groups is 2. The topological polar surface area (TPSA) is 58.6 Å². The maximum Gasteiger partial charge on any atom is 0.387 e. The van der Waals surface area contributed by atoms with Crippen LogP contribution >= 0.6 is 23.2 Å². The molecule has 2 rings (SSSR count). The Morgan fingerprint density at radius 2 is 1.85 bits per heavy atom. The first-order chi connectivity index (χ1) is 12.3. The third kappa shape index (κ3) is 5.31. The first kappa shape index (κ1) is 19.9. The molecule has 0 unspecified atom stereocenters. The van der Waals surface area contributed by atoms with Crippen LogP contribution in [0.2, 0.25) is 10.0 Å². The first-order valence-corrected chi connectivity index (χ1v) is 8.07. The number of nitrogens with zero attached hydrogens (tertiary/aromatic N) is 1. The van der Waals surface area contributed by atoms with E-state index in [2.05, 4.69) is 10.1 Å². The predicted octanol–water partition coefficient (Wildman–Crippen LogP) is 4.31. The van der Waals surface area contributed by atoms with Gasteiger partial charge in [0.25, 0.3) is 5.91 Å². The van der Waals surface area contributed by atoms with Crippen molar-refractivity contribution in [2.24, 2.45) is 0 Å². The Morgan fingerprint density at radius 1 is 1.15 bits per heavy atom. The zero-order valence-corrected chi connectivity index (χ0v) is 15.0. The summed E-state index contributed by atoms with van der Waals surface area (Å²) in [7, 11) is 1.37. The minimum absolute atomic E-state index is 0.0716. The van der Waals surface area contributed by atoms with Crippen molar-refractivity contribution in [3.05, 3.63) is 58.1 Å². The number of nitrogens with one attached hydrogen (secondary N) is 1. The molecule has 0 fully saturated rings. The van der Waals surface area contributed by atoms with Gasteiger partial charge >= 0.3 is 6.61 Å². The summed E-state index contributed by atoms with van der Waals surface area (Å²) in [5, 5.41) is 3.18. The minimum Gasteiger partial charge on any atom is -0.434 e. The normalized spacial score (nSPS) is 10.5. The Bertz CT molecular complexity index is 818. The minimum atomic E-state index is -3.06. The molecule has 138 valence electrons. The molecule has 0 bridgehead atoms. The van der Waals surface area contributed by atoms with Gasteiger partial charge in [-0.15, -0.1) is 0 Å². The second-order valence-electron chi connectivity index (χ2n) is 5.21. The third-order valence-corrected chi connectivity index (χ3v) is 4.00. The summed E-state index contributed by atoms with van der Waals surface area (Å²) in [5.74, 6) is -1.39. The lowest BCUT2D eigenvalue weighted by atomic mass is 10.2. The SMILES string of the molecule is CN(CC(=O)Nc1ccc(Cl)c(Cl)c1)C(=O)c1ccccc1OC(F)F. The van der Waals surface area contributed by atoms with Crippen molar-refractivity contribution in [1.29, 1.82) is 0 Å². The van der Waals surface area contributed by atoms with Gasteiger partial charge in [0.2, 0.25) is 5.91 Å². The van der Waals surface area contributed by atoms with Gasteiger partial charge in [-0.2, -0.15) is 8.78 Å². The van der Waals surface area contributed by atoms with Gasteiger partial charge in [0.15, 0.2) is 0 Å². The number of ether oxygens (including phenoxy) is 1. The number of benzene rings is 2. The average Bonchev–Trinajstić information content (AvgIpc) is 2.57. The van der Waals surface area contributed by atoms with Gasteiger partial charge < -0.3 is 15.0 Å². The molecule has 2 amide bonds.